The van der Waals surface area contributed by atoms with Crippen LogP contribution in [0, 0.1) is 19.7 Å². The molecule has 1 heterocycles. The van der Waals surface area contributed by atoms with Crippen LogP contribution < -0.4 is 5.56 Å². The van der Waals surface area contributed by atoms with Crippen LogP contribution in [0.2, 0.25) is 0 Å². The Bertz CT molecular complexity index is 1390. The summed E-state index contributed by atoms with van der Waals surface area (Å²) in [5, 5.41) is 0.493. The smallest absolute Gasteiger partial charge is 0.266 e. The number of fused-ring (bicyclic) bond motifs is 1. The fourth-order valence-corrected chi connectivity index (χ4v) is 3.80. The van der Waals surface area contributed by atoms with Gasteiger partial charge in [0.2, 0.25) is 0 Å². The average molecular weight is 429 g/mol. The lowest BCUT2D eigenvalue weighted by Crippen LogP contribution is -2.35. The lowest BCUT2D eigenvalue weighted by molar-refractivity contribution is 0.0730. The molecule has 0 N–H and O–H groups in total. The van der Waals surface area contributed by atoms with Crippen LogP contribution in [0.5, 0.6) is 0 Å². The van der Waals surface area contributed by atoms with Gasteiger partial charge in [-0.15, -0.1) is 0 Å². The van der Waals surface area contributed by atoms with Crippen LogP contribution in [-0.4, -0.2) is 27.4 Å². The van der Waals surface area contributed by atoms with Crippen molar-refractivity contribution in [1.82, 2.24) is 14.5 Å². The van der Waals surface area contributed by atoms with E-state index < -0.39 is 17.8 Å². The molecule has 0 radical (unpaired) electrons. The number of hydrogen-bond acceptors (Lipinski definition) is 3. The summed E-state index contributed by atoms with van der Waals surface area (Å²) in [7, 11) is 1.59. The molecule has 1 aromatic heterocycles. The van der Waals surface area contributed by atoms with Gasteiger partial charge in [0.25, 0.3) is 11.5 Å². The predicted octanol–water partition coefficient (Wildman–Crippen LogP) is 4.97. The van der Waals surface area contributed by atoms with Crippen molar-refractivity contribution in [3.05, 3.63) is 105 Å². The van der Waals surface area contributed by atoms with Gasteiger partial charge < -0.3 is 4.90 Å². The summed E-state index contributed by atoms with van der Waals surface area (Å²) in [5.74, 6) is -0.657. The van der Waals surface area contributed by atoms with Crippen LogP contribution >= 0.6 is 0 Å². The van der Waals surface area contributed by atoms with Crippen LogP contribution in [0.1, 0.15) is 40.3 Å². The highest BCUT2D eigenvalue weighted by atomic mass is 19.1. The molecule has 1 amide bonds. The van der Waals surface area contributed by atoms with Crippen molar-refractivity contribution in [1.29, 1.82) is 0 Å². The molecule has 0 aliphatic carbocycles. The summed E-state index contributed by atoms with van der Waals surface area (Å²) >= 11 is 0. The minimum atomic E-state index is -0.598. The van der Waals surface area contributed by atoms with Crippen molar-refractivity contribution < 1.29 is 9.18 Å². The summed E-state index contributed by atoms with van der Waals surface area (Å²) in [6.45, 7) is 5.68. The third-order valence-electron chi connectivity index (χ3n) is 5.79. The Balaban J connectivity index is 1.93. The SMILES string of the molecule is Cc1ccc(C)c(-n2c(C(C)N(C)C(=O)c3ccccc3F)nc3ccccc3c2=O)c1. The molecule has 1 atom stereocenters. The Morgan fingerprint density at radius 3 is 2.47 bits per heavy atom. The summed E-state index contributed by atoms with van der Waals surface area (Å²) in [5.41, 5.74) is 2.93. The van der Waals surface area contributed by atoms with E-state index in [1.807, 2.05) is 38.1 Å². The lowest BCUT2D eigenvalue weighted by atomic mass is 10.1. The van der Waals surface area contributed by atoms with Gasteiger partial charge in [-0.2, -0.15) is 0 Å². The molecule has 4 rings (SSSR count). The molecule has 0 aliphatic rings. The number of nitrogens with zero attached hydrogens (tertiary/aromatic N) is 3. The molecule has 0 saturated carbocycles. The topological polar surface area (TPSA) is 55.2 Å². The van der Waals surface area contributed by atoms with Crippen molar-refractivity contribution in [2.45, 2.75) is 26.8 Å². The number of benzene rings is 3. The first-order valence-corrected chi connectivity index (χ1v) is 10.4. The van der Waals surface area contributed by atoms with Gasteiger partial charge in [-0.05, 0) is 62.2 Å². The Morgan fingerprint density at radius 1 is 1.03 bits per heavy atom. The van der Waals surface area contributed by atoms with E-state index in [9.17, 15) is 14.0 Å². The summed E-state index contributed by atoms with van der Waals surface area (Å²) in [6.07, 6.45) is 0. The molecule has 0 bridgehead atoms. The minimum absolute atomic E-state index is 0.0247. The Kier molecular flexibility index (Phi) is 5.61. The number of carbonyl (C=O) groups excluding carboxylic acids is 1. The van der Waals surface area contributed by atoms with Crippen LogP contribution in [0.4, 0.5) is 4.39 Å². The van der Waals surface area contributed by atoms with Crippen LogP contribution in [0.3, 0.4) is 0 Å². The van der Waals surface area contributed by atoms with E-state index in [1.54, 1.807) is 48.9 Å². The van der Waals surface area contributed by atoms with E-state index in [0.717, 1.165) is 11.1 Å². The largest absolute Gasteiger partial charge is 0.332 e. The molecule has 32 heavy (non-hydrogen) atoms. The van der Waals surface area contributed by atoms with Gasteiger partial charge in [0.1, 0.15) is 11.6 Å². The maximum atomic E-state index is 14.3. The highest BCUT2D eigenvalue weighted by Gasteiger charge is 2.26. The van der Waals surface area contributed by atoms with E-state index in [2.05, 4.69) is 0 Å². The number of carbonyl (C=O) groups is 1. The number of rotatable bonds is 4. The van der Waals surface area contributed by atoms with Gasteiger partial charge in [0.15, 0.2) is 0 Å². The standard InChI is InChI=1S/C26H24FN3O2/c1-16-13-14-17(2)23(15-16)30-24(28-22-12-8-6-10-20(22)26(30)32)18(3)29(4)25(31)19-9-5-7-11-21(19)27/h5-15,18H,1-4H3. The molecular formula is C26H24FN3O2. The third-order valence-corrected chi connectivity index (χ3v) is 5.79. The second-order valence-corrected chi connectivity index (χ2v) is 7.99. The minimum Gasteiger partial charge on any atom is -0.332 e. The number of aromatic nitrogens is 2. The highest BCUT2D eigenvalue weighted by molar-refractivity contribution is 5.94. The van der Waals surface area contributed by atoms with Gasteiger partial charge in [0.05, 0.1) is 28.2 Å². The molecule has 0 aliphatic heterocycles. The third kappa shape index (κ3) is 3.68. The molecule has 0 fully saturated rings. The van der Waals surface area contributed by atoms with Crippen molar-refractivity contribution in [2.24, 2.45) is 0 Å². The predicted molar refractivity (Wildman–Crippen MR) is 124 cm³/mol. The maximum absolute atomic E-state index is 14.3. The fourth-order valence-electron chi connectivity index (χ4n) is 3.80. The first-order chi connectivity index (χ1) is 15.3. The number of amides is 1. The van der Waals surface area contributed by atoms with Crippen molar-refractivity contribution in [3.8, 4) is 5.69 Å². The Morgan fingerprint density at radius 2 is 1.72 bits per heavy atom. The summed E-state index contributed by atoms with van der Waals surface area (Å²) in [6, 6.07) is 18.3. The highest BCUT2D eigenvalue weighted by Crippen LogP contribution is 2.25. The maximum Gasteiger partial charge on any atom is 0.266 e. The van der Waals surface area contributed by atoms with Crippen molar-refractivity contribution >= 4 is 16.8 Å². The molecule has 0 saturated heterocycles. The number of para-hydroxylation sites is 1. The van der Waals surface area contributed by atoms with Crippen LogP contribution in [0.25, 0.3) is 16.6 Å². The van der Waals surface area contributed by atoms with E-state index in [4.69, 9.17) is 4.98 Å². The molecule has 0 spiro atoms. The zero-order valence-electron chi connectivity index (χ0n) is 18.5. The molecule has 162 valence electrons. The van der Waals surface area contributed by atoms with E-state index in [0.29, 0.717) is 22.4 Å². The average Bonchev–Trinajstić information content (AvgIpc) is 2.79. The van der Waals surface area contributed by atoms with Crippen molar-refractivity contribution in [3.63, 3.8) is 0 Å². The van der Waals surface area contributed by atoms with Gasteiger partial charge in [-0.25, -0.2) is 9.37 Å². The van der Waals surface area contributed by atoms with Gasteiger partial charge in [0, 0.05) is 7.05 Å². The summed E-state index contributed by atoms with van der Waals surface area (Å²) < 4.78 is 15.8. The molecule has 3 aromatic carbocycles. The number of aryl methyl sites for hydroxylation is 2. The van der Waals surface area contributed by atoms with Crippen LogP contribution in [0.15, 0.2) is 71.5 Å². The number of halogens is 1. The van der Waals surface area contributed by atoms with Crippen LogP contribution in [-0.2, 0) is 0 Å². The van der Waals surface area contributed by atoms with Gasteiger partial charge in [-0.1, -0.05) is 36.4 Å². The normalized spacial score (nSPS) is 12.0. The quantitative estimate of drug-likeness (QED) is 0.460. The second-order valence-electron chi connectivity index (χ2n) is 7.99. The monoisotopic (exact) mass is 429 g/mol. The first kappa shape index (κ1) is 21.4. The van der Waals surface area contributed by atoms with E-state index >= 15 is 0 Å². The van der Waals surface area contributed by atoms with E-state index in [1.165, 1.54) is 17.0 Å². The van der Waals surface area contributed by atoms with Crippen molar-refractivity contribution in [2.75, 3.05) is 7.05 Å². The Labute approximate surface area is 185 Å². The van der Waals surface area contributed by atoms with E-state index in [-0.39, 0.29) is 11.1 Å². The zero-order chi connectivity index (χ0) is 23.0. The molecular weight excluding hydrogens is 405 g/mol. The van der Waals surface area contributed by atoms with Gasteiger partial charge in [-0.3, -0.25) is 14.2 Å². The van der Waals surface area contributed by atoms with Gasteiger partial charge >= 0.3 is 0 Å². The number of hydrogen-bond donors (Lipinski definition) is 0. The molecule has 6 heteroatoms. The first-order valence-electron chi connectivity index (χ1n) is 10.4. The molecule has 1 unspecified atom stereocenters. The molecule has 4 aromatic rings. The lowest BCUT2D eigenvalue weighted by Gasteiger charge is -2.27. The zero-order valence-corrected chi connectivity index (χ0v) is 18.5. The molecule has 5 nitrogen and oxygen atoms in total. The fraction of sp³-hybridized carbons (Fsp3) is 0.192. The Hall–Kier alpha value is -3.80. The summed E-state index contributed by atoms with van der Waals surface area (Å²) in [4.78, 5) is 32.9. The second kappa shape index (κ2) is 8.38.